The third-order valence-corrected chi connectivity index (χ3v) is 2.37. The lowest BCUT2D eigenvalue weighted by Gasteiger charge is -2.11. The van der Waals surface area contributed by atoms with Crippen molar-refractivity contribution >= 4 is 35.9 Å². The second-order valence-corrected chi connectivity index (χ2v) is 3.81. The minimum atomic E-state index is -0.143. The van der Waals surface area contributed by atoms with E-state index in [1.165, 1.54) is 13.5 Å². The van der Waals surface area contributed by atoms with Crippen LogP contribution in [0.5, 0.6) is 0 Å². The smallest absolute Gasteiger partial charge is 0.305 e. The molecule has 0 atom stereocenters. The molecule has 108 valence electrons. The van der Waals surface area contributed by atoms with Gasteiger partial charge in [0.15, 0.2) is 5.96 Å². The molecule has 0 aliphatic carbocycles. The highest BCUT2D eigenvalue weighted by atomic mass is 127. The quantitative estimate of drug-likeness (QED) is 0.225. The summed E-state index contributed by atoms with van der Waals surface area (Å²) in [4.78, 5) is 15.0. The Balaban J connectivity index is 0. The summed E-state index contributed by atoms with van der Waals surface area (Å²) in [5, 5.41) is 6.44. The zero-order valence-corrected chi connectivity index (χ0v) is 14.0. The minimum Gasteiger partial charge on any atom is -0.469 e. The summed E-state index contributed by atoms with van der Waals surface area (Å²) >= 11 is 0. The van der Waals surface area contributed by atoms with Crippen LogP contribution in [0.3, 0.4) is 0 Å². The van der Waals surface area contributed by atoms with Crippen molar-refractivity contribution in [2.45, 2.75) is 39.0 Å². The fourth-order valence-corrected chi connectivity index (χ4v) is 1.31. The summed E-state index contributed by atoms with van der Waals surface area (Å²) in [6.45, 7) is 3.92. The third kappa shape index (κ3) is 11.9. The minimum absolute atomic E-state index is 0. The van der Waals surface area contributed by atoms with Crippen molar-refractivity contribution in [3.63, 3.8) is 0 Å². The maximum Gasteiger partial charge on any atom is 0.305 e. The Labute approximate surface area is 127 Å². The molecule has 0 radical (unpaired) electrons. The molecule has 0 aliphatic heterocycles. The van der Waals surface area contributed by atoms with Crippen molar-refractivity contribution in [2.24, 2.45) is 4.99 Å². The van der Waals surface area contributed by atoms with Gasteiger partial charge < -0.3 is 15.4 Å². The summed E-state index contributed by atoms with van der Waals surface area (Å²) in [7, 11) is 3.18. The standard InChI is InChI=1S/C12H25N3O2.HI/c1-4-5-9-14-12(13-2)15-10-7-6-8-11(16)17-3;/h4-10H2,1-3H3,(H2,13,14,15);1H. The van der Waals surface area contributed by atoms with E-state index >= 15 is 0 Å². The van der Waals surface area contributed by atoms with Crippen LogP contribution in [-0.4, -0.2) is 39.2 Å². The molecule has 0 aromatic carbocycles. The number of halogens is 1. The number of rotatable bonds is 8. The lowest BCUT2D eigenvalue weighted by atomic mass is 10.2. The monoisotopic (exact) mass is 371 g/mol. The van der Waals surface area contributed by atoms with Crippen molar-refractivity contribution in [1.29, 1.82) is 0 Å². The van der Waals surface area contributed by atoms with E-state index in [1.807, 2.05) is 0 Å². The van der Waals surface area contributed by atoms with E-state index in [0.29, 0.717) is 6.42 Å². The van der Waals surface area contributed by atoms with E-state index in [4.69, 9.17) is 0 Å². The number of guanidine groups is 1. The van der Waals surface area contributed by atoms with Gasteiger partial charge in [0.25, 0.3) is 0 Å². The van der Waals surface area contributed by atoms with E-state index in [9.17, 15) is 4.79 Å². The molecule has 0 spiro atoms. The van der Waals surface area contributed by atoms with Crippen molar-refractivity contribution in [2.75, 3.05) is 27.2 Å². The van der Waals surface area contributed by atoms with E-state index in [2.05, 4.69) is 27.3 Å². The largest absolute Gasteiger partial charge is 0.469 e. The average molecular weight is 371 g/mol. The number of unbranched alkanes of at least 4 members (excludes halogenated alkanes) is 2. The van der Waals surface area contributed by atoms with E-state index in [0.717, 1.165) is 38.3 Å². The molecule has 0 amide bonds. The van der Waals surface area contributed by atoms with Gasteiger partial charge in [0, 0.05) is 26.6 Å². The van der Waals surface area contributed by atoms with Gasteiger partial charge in [-0.05, 0) is 19.3 Å². The number of nitrogens with zero attached hydrogens (tertiary/aromatic N) is 1. The van der Waals surface area contributed by atoms with Crippen LogP contribution in [0.2, 0.25) is 0 Å². The Hall–Kier alpha value is -0.530. The number of ether oxygens (including phenoxy) is 1. The number of nitrogens with one attached hydrogen (secondary N) is 2. The van der Waals surface area contributed by atoms with Gasteiger partial charge in [-0.1, -0.05) is 13.3 Å². The maximum absolute atomic E-state index is 10.9. The molecule has 0 unspecified atom stereocenters. The van der Waals surface area contributed by atoms with Gasteiger partial charge in [-0.15, -0.1) is 24.0 Å². The van der Waals surface area contributed by atoms with Crippen LogP contribution in [0.25, 0.3) is 0 Å². The van der Waals surface area contributed by atoms with E-state index in [-0.39, 0.29) is 29.9 Å². The highest BCUT2D eigenvalue weighted by molar-refractivity contribution is 14.0. The normalized spacial score (nSPS) is 10.5. The Kier molecular flexibility index (Phi) is 16.0. The molecule has 0 rings (SSSR count). The number of carbonyl (C=O) groups is 1. The molecule has 0 aromatic rings. The summed E-state index contributed by atoms with van der Waals surface area (Å²) in [5.74, 6) is 0.687. The molecule has 0 bridgehead atoms. The summed E-state index contributed by atoms with van der Waals surface area (Å²) in [5.41, 5.74) is 0. The first kappa shape index (κ1) is 19.8. The second-order valence-electron chi connectivity index (χ2n) is 3.81. The lowest BCUT2D eigenvalue weighted by molar-refractivity contribution is -0.140. The highest BCUT2D eigenvalue weighted by Crippen LogP contribution is 1.95. The molecule has 0 fully saturated rings. The van der Waals surface area contributed by atoms with Crippen LogP contribution in [-0.2, 0) is 9.53 Å². The molecule has 0 saturated heterocycles. The van der Waals surface area contributed by atoms with Crippen molar-refractivity contribution < 1.29 is 9.53 Å². The first-order valence-electron chi connectivity index (χ1n) is 6.26. The van der Waals surface area contributed by atoms with Gasteiger partial charge in [-0.3, -0.25) is 9.79 Å². The molecular formula is C12H26IN3O2. The SMILES string of the molecule is CCCCNC(=NC)NCCCCC(=O)OC.I. The molecule has 18 heavy (non-hydrogen) atoms. The van der Waals surface area contributed by atoms with Crippen LogP contribution < -0.4 is 10.6 Å². The predicted molar refractivity (Wildman–Crippen MR) is 85.6 cm³/mol. The van der Waals surface area contributed by atoms with Crippen molar-refractivity contribution in [3.05, 3.63) is 0 Å². The van der Waals surface area contributed by atoms with Gasteiger partial charge in [0.2, 0.25) is 0 Å². The van der Waals surface area contributed by atoms with Crippen LogP contribution in [0.15, 0.2) is 4.99 Å². The number of aliphatic imine (C=N–C) groups is 1. The number of methoxy groups -OCH3 is 1. The number of hydrogen-bond acceptors (Lipinski definition) is 3. The number of hydrogen-bond donors (Lipinski definition) is 2. The predicted octanol–water partition coefficient (Wildman–Crippen LogP) is 1.91. The topological polar surface area (TPSA) is 62.7 Å². The molecule has 5 nitrogen and oxygen atoms in total. The van der Waals surface area contributed by atoms with Gasteiger partial charge in [-0.25, -0.2) is 0 Å². The Morgan fingerprint density at radius 1 is 1.17 bits per heavy atom. The van der Waals surface area contributed by atoms with Crippen LogP contribution >= 0.6 is 24.0 Å². The molecule has 6 heteroatoms. The van der Waals surface area contributed by atoms with Gasteiger partial charge in [0.05, 0.1) is 7.11 Å². The summed E-state index contributed by atoms with van der Waals surface area (Å²) < 4.78 is 4.57. The molecule has 0 heterocycles. The molecule has 0 saturated carbocycles. The fraction of sp³-hybridized carbons (Fsp3) is 0.833. The third-order valence-electron chi connectivity index (χ3n) is 2.37. The van der Waals surface area contributed by atoms with Crippen LogP contribution in [0, 0.1) is 0 Å². The zero-order valence-electron chi connectivity index (χ0n) is 11.6. The molecule has 0 aliphatic rings. The van der Waals surface area contributed by atoms with Gasteiger partial charge in [-0.2, -0.15) is 0 Å². The average Bonchev–Trinajstić information content (AvgIpc) is 2.36. The van der Waals surface area contributed by atoms with Gasteiger partial charge in [0.1, 0.15) is 0 Å². The number of carbonyl (C=O) groups excluding carboxylic acids is 1. The summed E-state index contributed by atoms with van der Waals surface area (Å²) in [6, 6.07) is 0. The summed E-state index contributed by atoms with van der Waals surface area (Å²) in [6.07, 6.45) is 4.57. The van der Waals surface area contributed by atoms with Crippen LogP contribution in [0.4, 0.5) is 0 Å². The fourth-order valence-electron chi connectivity index (χ4n) is 1.31. The Morgan fingerprint density at radius 3 is 2.28 bits per heavy atom. The Bertz CT molecular complexity index is 235. The van der Waals surface area contributed by atoms with Crippen LogP contribution in [0.1, 0.15) is 39.0 Å². The Morgan fingerprint density at radius 2 is 1.78 bits per heavy atom. The molecule has 2 N–H and O–H groups in total. The zero-order chi connectivity index (χ0) is 12.9. The molecule has 0 aromatic heterocycles. The highest BCUT2D eigenvalue weighted by Gasteiger charge is 2.00. The first-order valence-corrected chi connectivity index (χ1v) is 6.26. The van der Waals surface area contributed by atoms with E-state index < -0.39 is 0 Å². The first-order chi connectivity index (χ1) is 8.24. The molecular weight excluding hydrogens is 345 g/mol. The number of esters is 1. The van der Waals surface area contributed by atoms with Gasteiger partial charge >= 0.3 is 5.97 Å². The van der Waals surface area contributed by atoms with E-state index in [1.54, 1.807) is 7.05 Å². The second kappa shape index (κ2) is 14.5. The van der Waals surface area contributed by atoms with Crippen molar-refractivity contribution in [3.8, 4) is 0 Å². The van der Waals surface area contributed by atoms with Crippen molar-refractivity contribution in [1.82, 2.24) is 10.6 Å². The maximum atomic E-state index is 10.9. The lowest BCUT2D eigenvalue weighted by Crippen LogP contribution is -2.38.